The Morgan fingerprint density at radius 3 is 2.10 bits per heavy atom. The number of hydrogen-bond acceptors (Lipinski definition) is 7. The summed E-state index contributed by atoms with van der Waals surface area (Å²) in [5.74, 6) is -0.259. The summed E-state index contributed by atoms with van der Waals surface area (Å²) in [6.07, 6.45) is 0. The van der Waals surface area contributed by atoms with E-state index < -0.39 is 29.4 Å². The summed E-state index contributed by atoms with van der Waals surface area (Å²) in [5.41, 5.74) is 0.845. The molecule has 0 spiro atoms. The lowest BCUT2D eigenvalue weighted by Gasteiger charge is -2.28. The molecule has 2 aromatic rings. The van der Waals surface area contributed by atoms with Gasteiger partial charge in [0.05, 0.1) is 39.5 Å². The van der Waals surface area contributed by atoms with E-state index in [1.165, 1.54) is 21.3 Å². The Bertz CT molecular complexity index is 1010. The lowest BCUT2D eigenvalue weighted by molar-refractivity contribution is -0.143. The Kier molecular flexibility index (Phi) is 5.96. The smallest absolute Gasteiger partial charge is 0.323 e. The zero-order chi connectivity index (χ0) is 21.9. The van der Waals surface area contributed by atoms with Gasteiger partial charge in [0.25, 0.3) is 0 Å². The van der Waals surface area contributed by atoms with E-state index in [-0.39, 0.29) is 0 Å². The summed E-state index contributed by atoms with van der Waals surface area (Å²) < 4.78 is 15.7. The highest BCUT2D eigenvalue weighted by Crippen LogP contribution is 2.53. The van der Waals surface area contributed by atoms with Gasteiger partial charge in [-0.3, -0.25) is 10.1 Å². The Morgan fingerprint density at radius 2 is 1.57 bits per heavy atom. The molecule has 7 nitrogen and oxygen atoms in total. The molecule has 3 rings (SSSR count). The van der Waals surface area contributed by atoms with Gasteiger partial charge in [-0.15, -0.1) is 0 Å². The molecular formula is C23H23N3O4. The molecule has 0 unspecified atom stereocenters. The Balaban J connectivity index is 2.19. The molecule has 0 amide bonds. The number of nitrogens with zero attached hydrogens (tertiary/aromatic N) is 2. The van der Waals surface area contributed by atoms with Crippen LogP contribution in [0.1, 0.15) is 28.7 Å². The van der Waals surface area contributed by atoms with Crippen molar-refractivity contribution in [2.24, 2.45) is 5.41 Å². The van der Waals surface area contributed by atoms with Crippen molar-refractivity contribution in [1.29, 1.82) is 10.5 Å². The van der Waals surface area contributed by atoms with Gasteiger partial charge >= 0.3 is 5.97 Å². The van der Waals surface area contributed by atoms with Crippen LogP contribution in [-0.4, -0.2) is 33.3 Å². The molecule has 1 aliphatic heterocycles. The van der Waals surface area contributed by atoms with Gasteiger partial charge < -0.3 is 14.2 Å². The minimum Gasteiger partial charge on any atom is -0.493 e. The van der Waals surface area contributed by atoms with Gasteiger partial charge in [0.1, 0.15) is 6.04 Å². The maximum absolute atomic E-state index is 12.6. The average molecular weight is 405 g/mol. The van der Waals surface area contributed by atoms with Gasteiger partial charge in [0.2, 0.25) is 0 Å². The van der Waals surface area contributed by atoms with Crippen molar-refractivity contribution < 1.29 is 19.0 Å². The fourth-order valence-electron chi connectivity index (χ4n) is 4.09. The monoisotopic (exact) mass is 405 g/mol. The van der Waals surface area contributed by atoms with Crippen LogP contribution in [0.2, 0.25) is 0 Å². The van der Waals surface area contributed by atoms with Crippen LogP contribution in [0.25, 0.3) is 0 Å². The minimum atomic E-state index is -1.55. The predicted molar refractivity (Wildman–Crippen MR) is 109 cm³/mol. The van der Waals surface area contributed by atoms with Crippen LogP contribution in [0.3, 0.4) is 0 Å². The first kappa shape index (κ1) is 21.2. The number of benzene rings is 2. The highest BCUT2D eigenvalue weighted by Gasteiger charge is 2.60. The molecule has 0 radical (unpaired) electrons. The molecule has 1 fully saturated rings. The molecule has 154 valence electrons. The Labute approximate surface area is 175 Å². The summed E-state index contributed by atoms with van der Waals surface area (Å²) in [6.45, 7) is 1.95. The van der Waals surface area contributed by atoms with Gasteiger partial charge in [-0.1, -0.05) is 35.9 Å². The molecular weight excluding hydrogens is 382 g/mol. The number of nitrogens with one attached hydrogen (secondary N) is 1. The molecule has 1 heterocycles. The summed E-state index contributed by atoms with van der Waals surface area (Å²) in [5, 5.41) is 23.6. The highest BCUT2D eigenvalue weighted by molar-refractivity contribution is 5.79. The van der Waals surface area contributed by atoms with Crippen LogP contribution >= 0.6 is 0 Å². The maximum Gasteiger partial charge on any atom is 0.323 e. The number of nitriles is 2. The van der Waals surface area contributed by atoms with Crippen LogP contribution in [0.4, 0.5) is 0 Å². The number of ether oxygens (including phenoxy) is 3. The van der Waals surface area contributed by atoms with Gasteiger partial charge in [-0.25, -0.2) is 0 Å². The summed E-state index contributed by atoms with van der Waals surface area (Å²) >= 11 is 0. The standard InChI is InChI=1S/C23H23N3O4/c1-14-5-7-15(8-6-14)19-20(22(27)30-4)26-21(23(19,12-24)13-25)16-9-10-17(28-2)18(11-16)29-3/h5-11,19-21,26H,1-4H3/t19-,20+,21-/m0/s1. The van der Waals surface area contributed by atoms with Crippen LogP contribution in [-0.2, 0) is 9.53 Å². The first-order valence-electron chi connectivity index (χ1n) is 9.40. The van der Waals surface area contributed by atoms with Crippen molar-refractivity contribution in [3.8, 4) is 23.6 Å². The van der Waals surface area contributed by atoms with Crippen LogP contribution in [0.15, 0.2) is 42.5 Å². The summed E-state index contributed by atoms with van der Waals surface area (Å²) in [6, 6.07) is 15.5. The molecule has 2 aromatic carbocycles. The number of hydrogen-bond donors (Lipinski definition) is 1. The second-order valence-electron chi connectivity index (χ2n) is 7.20. The molecule has 7 heteroatoms. The summed E-state index contributed by atoms with van der Waals surface area (Å²) in [4.78, 5) is 12.6. The van der Waals surface area contributed by atoms with E-state index in [1.807, 2.05) is 31.2 Å². The van der Waals surface area contributed by atoms with Crippen molar-refractivity contribution in [3.05, 3.63) is 59.2 Å². The van der Waals surface area contributed by atoms with Crippen molar-refractivity contribution in [3.63, 3.8) is 0 Å². The lowest BCUT2D eigenvalue weighted by atomic mass is 9.68. The van der Waals surface area contributed by atoms with Gasteiger partial charge in [-0.2, -0.15) is 10.5 Å². The molecule has 1 saturated heterocycles. The first-order valence-corrected chi connectivity index (χ1v) is 9.40. The van der Waals surface area contributed by atoms with Crippen LogP contribution in [0, 0.1) is 35.0 Å². The highest BCUT2D eigenvalue weighted by atomic mass is 16.5. The molecule has 3 atom stereocenters. The normalized spacial score (nSPS) is 21.9. The van der Waals surface area contributed by atoms with Gasteiger partial charge in [-0.05, 0) is 30.2 Å². The number of carbonyl (C=O) groups is 1. The predicted octanol–water partition coefficient (Wildman–Crippen LogP) is 3.02. The fraction of sp³-hybridized carbons (Fsp3) is 0.348. The van der Waals surface area contributed by atoms with E-state index in [9.17, 15) is 15.3 Å². The maximum atomic E-state index is 12.6. The Hall–Kier alpha value is -3.55. The molecule has 0 aliphatic carbocycles. The fourth-order valence-corrected chi connectivity index (χ4v) is 4.09. The Morgan fingerprint density at radius 1 is 0.967 bits per heavy atom. The van der Waals surface area contributed by atoms with Crippen LogP contribution in [0.5, 0.6) is 11.5 Å². The summed E-state index contributed by atoms with van der Waals surface area (Å²) in [7, 11) is 4.33. The molecule has 30 heavy (non-hydrogen) atoms. The van der Waals surface area contributed by atoms with Gasteiger partial charge in [0, 0.05) is 5.92 Å². The number of esters is 1. The van der Waals surface area contributed by atoms with E-state index in [4.69, 9.17) is 14.2 Å². The zero-order valence-electron chi connectivity index (χ0n) is 17.3. The second kappa shape index (κ2) is 8.44. The lowest BCUT2D eigenvalue weighted by Crippen LogP contribution is -2.37. The third kappa shape index (κ3) is 3.34. The van der Waals surface area contributed by atoms with E-state index >= 15 is 0 Å². The number of rotatable bonds is 5. The number of aryl methyl sites for hydroxylation is 1. The van der Waals surface area contributed by atoms with Crippen molar-refractivity contribution >= 4 is 5.97 Å². The number of methoxy groups -OCH3 is 3. The number of carbonyl (C=O) groups excluding carboxylic acids is 1. The minimum absolute atomic E-state index is 0.468. The molecule has 1 aliphatic rings. The van der Waals surface area contributed by atoms with E-state index in [0.717, 1.165) is 11.1 Å². The topological polar surface area (TPSA) is 104 Å². The average Bonchev–Trinajstić information content (AvgIpc) is 3.14. The molecule has 1 N–H and O–H groups in total. The molecule has 0 saturated carbocycles. The van der Waals surface area contributed by atoms with Crippen molar-refractivity contribution in [1.82, 2.24) is 5.32 Å². The molecule has 0 aromatic heterocycles. The van der Waals surface area contributed by atoms with E-state index in [0.29, 0.717) is 17.1 Å². The molecule has 0 bridgehead atoms. The second-order valence-corrected chi connectivity index (χ2v) is 7.20. The first-order chi connectivity index (χ1) is 14.4. The third-order valence-electron chi connectivity index (χ3n) is 5.63. The quantitative estimate of drug-likeness (QED) is 0.763. The SMILES string of the molecule is COC(=O)[C@@H]1N[C@@H](c2ccc(OC)c(OC)c2)C(C#N)(C#N)[C@H]1c1ccc(C)cc1. The van der Waals surface area contributed by atoms with Crippen molar-refractivity contribution in [2.75, 3.05) is 21.3 Å². The van der Waals surface area contributed by atoms with E-state index in [2.05, 4.69) is 17.5 Å². The third-order valence-corrected chi connectivity index (χ3v) is 5.63. The van der Waals surface area contributed by atoms with Crippen molar-refractivity contribution in [2.45, 2.75) is 24.9 Å². The van der Waals surface area contributed by atoms with Crippen LogP contribution < -0.4 is 14.8 Å². The largest absolute Gasteiger partial charge is 0.493 e. The zero-order valence-corrected chi connectivity index (χ0v) is 17.3. The van der Waals surface area contributed by atoms with E-state index in [1.54, 1.807) is 18.2 Å². The van der Waals surface area contributed by atoms with Gasteiger partial charge in [0.15, 0.2) is 16.9 Å².